The third-order valence-corrected chi connectivity index (χ3v) is 5.45. The highest BCUT2D eigenvalue weighted by atomic mass is 35.5. The number of hydrogen-bond donors (Lipinski definition) is 1. The highest BCUT2D eigenvalue weighted by Gasteiger charge is 2.32. The van der Waals surface area contributed by atoms with Gasteiger partial charge in [-0.25, -0.2) is 4.98 Å². The van der Waals surface area contributed by atoms with Crippen molar-refractivity contribution in [2.75, 3.05) is 18.4 Å². The number of halogens is 1. The summed E-state index contributed by atoms with van der Waals surface area (Å²) in [6, 6.07) is 6.98. The van der Waals surface area contributed by atoms with E-state index in [1.807, 2.05) is 25.5 Å². The molecule has 3 atom stereocenters. The fraction of sp³-hybridized carbons (Fsp3) is 0.421. The van der Waals surface area contributed by atoms with Crippen molar-refractivity contribution in [3.05, 3.63) is 47.5 Å². The van der Waals surface area contributed by atoms with Crippen LogP contribution in [0, 0.1) is 17.2 Å². The van der Waals surface area contributed by atoms with Crippen molar-refractivity contribution in [2.45, 2.75) is 32.4 Å². The summed E-state index contributed by atoms with van der Waals surface area (Å²) in [7, 11) is 0. The zero-order valence-electron chi connectivity index (χ0n) is 14.9. The number of amides is 1. The van der Waals surface area contributed by atoms with Crippen molar-refractivity contribution in [2.24, 2.45) is 5.92 Å². The van der Waals surface area contributed by atoms with Gasteiger partial charge in [0.25, 0.3) is 0 Å². The van der Waals surface area contributed by atoms with Gasteiger partial charge in [-0.2, -0.15) is 5.26 Å². The maximum Gasteiger partial charge on any atom is 0.241 e. The normalized spacial score (nSPS) is 21.8. The van der Waals surface area contributed by atoms with Gasteiger partial charge in [0.05, 0.1) is 23.0 Å². The Balaban J connectivity index is 1.66. The monoisotopic (exact) mass is 371 g/mol. The highest BCUT2D eigenvalue weighted by Crippen LogP contribution is 2.29. The van der Waals surface area contributed by atoms with Gasteiger partial charge in [0.1, 0.15) is 6.07 Å². The smallest absolute Gasteiger partial charge is 0.241 e. The minimum atomic E-state index is -0.261. The van der Waals surface area contributed by atoms with Crippen molar-refractivity contribution < 1.29 is 4.79 Å². The van der Waals surface area contributed by atoms with Crippen LogP contribution in [0.4, 0.5) is 5.69 Å². The van der Waals surface area contributed by atoms with Crippen LogP contribution in [-0.2, 0) is 4.79 Å². The first-order chi connectivity index (χ1) is 12.5. The van der Waals surface area contributed by atoms with Crippen LogP contribution < -0.4 is 5.32 Å². The van der Waals surface area contributed by atoms with E-state index >= 15 is 0 Å². The van der Waals surface area contributed by atoms with Crippen LogP contribution in [0.15, 0.2) is 36.9 Å². The van der Waals surface area contributed by atoms with E-state index in [-0.39, 0.29) is 11.9 Å². The Bertz CT molecular complexity index is 814. The highest BCUT2D eigenvalue weighted by molar-refractivity contribution is 6.32. The molecule has 1 aromatic heterocycles. The maximum atomic E-state index is 12.7. The number of nitrogens with zero attached hydrogens (tertiary/aromatic N) is 4. The lowest BCUT2D eigenvalue weighted by atomic mass is 9.92. The third kappa shape index (κ3) is 3.90. The number of likely N-dealkylation sites (tertiary alicyclic amines) is 1. The van der Waals surface area contributed by atoms with Gasteiger partial charge in [0.15, 0.2) is 0 Å². The van der Waals surface area contributed by atoms with Crippen molar-refractivity contribution in [1.82, 2.24) is 14.5 Å². The number of aromatic nitrogens is 2. The molecule has 1 aliphatic rings. The standard InChI is InChI=1S/C19H22ClN5O/c1-13-5-7-24(11-18(13)25-8-6-22-12-25)14(2)19(26)23-16-4-3-15(10-21)17(20)9-16/h3-4,6,8-9,12-14,18H,5,7,11H2,1-2H3,(H,23,26). The molecule has 136 valence electrons. The van der Waals surface area contributed by atoms with Gasteiger partial charge < -0.3 is 9.88 Å². The molecule has 1 aromatic carbocycles. The van der Waals surface area contributed by atoms with Crippen LogP contribution in [0.3, 0.4) is 0 Å². The largest absolute Gasteiger partial charge is 0.333 e. The quantitative estimate of drug-likeness (QED) is 0.894. The van der Waals surface area contributed by atoms with Crippen LogP contribution in [-0.4, -0.2) is 39.5 Å². The van der Waals surface area contributed by atoms with Crippen LogP contribution in [0.1, 0.15) is 31.9 Å². The number of carbonyl (C=O) groups is 1. The van der Waals surface area contributed by atoms with Crippen molar-refractivity contribution in [1.29, 1.82) is 5.26 Å². The number of hydrogen-bond acceptors (Lipinski definition) is 4. The molecule has 6 nitrogen and oxygen atoms in total. The first kappa shape index (κ1) is 18.4. The Morgan fingerprint density at radius 1 is 1.50 bits per heavy atom. The van der Waals surface area contributed by atoms with Gasteiger partial charge in [-0.15, -0.1) is 0 Å². The zero-order chi connectivity index (χ0) is 18.7. The first-order valence-electron chi connectivity index (χ1n) is 8.71. The number of carbonyl (C=O) groups excluding carboxylic acids is 1. The molecule has 1 fully saturated rings. The second kappa shape index (κ2) is 7.90. The second-order valence-electron chi connectivity index (χ2n) is 6.81. The molecule has 1 amide bonds. The molecule has 0 bridgehead atoms. The molecule has 2 heterocycles. The lowest BCUT2D eigenvalue weighted by Gasteiger charge is -2.40. The summed E-state index contributed by atoms with van der Waals surface area (Å²) in [6.45, 7) is 5.85. The molecule has 2 aromatic rings. The SMILES string of the molecule is CC1CCN(C(C)C(=O)Nc2ccc(C#N)c(Cl)c2)CC1n1ccnc1. The van der Waals surface area contributed by atoms with Gasteiger partial charge in [-0.1, -0.05) is 18.5 Å². The van der Waals surface area contributed by atoms with Gasteiger partial charge in [-0.05, 0) is 44.0 Å². The molecule has 1 N–H and O–H groups in total. The molecule has 3 unspecified atom stereocenters. The Labute approximate surface area is 158 Å². The van der Waals surface area contributed by atoms with Gasteiger partial charge in [0, 0.05) is 30.7 Å². The van der Waals surface area contributed by atoms with Gasteiger partial charge in [0.2, 0.25) is 5.91 Å². The lowest BCUT2D eigenvalue weighted by molar-refractivity contribution is -0.121. The number of piperidine rings is 1. The van der Waals surface area contributed by atoms with Gasteiger partial charge >= 0.3 is 0 Å². The number of benzene rings is 1. The lowest BCUT2D eigenvalue weighted by Crippen LogP contribution is -2.49. The van der Waals surface area contributed by atoms with Crippen LogP contribution in [0.5, 0.6) is 0 Å². The molecule has 3 rings (SSSR count). The number of anilines is 1. The average molecular weight is 372 g/mol. The first-order valence-corrected chi connectivity index (χ1v) is 9.09. The third-order valence-electron chi connectivity index (χ3n) is 5.14. The summed E-state index contributed by atoms with van der Waals surface area (Å²) in [4.78, 5) is 19.0. The van der Waals surface area contributed by atoms with E-state index in [0.717, 1.165) is 19.5 Å². The maximum absolute atomic E-state index is 12.7. The molecule has 0 spiro atoms. The summed E-state index contributed by atoms with van der Waals surface area (Å²) in [5, 5.41) is 12.2. The van der Waals surface area contributed by atoms with E-state index in [4.69, 9.17) is 16.9 Å². The van der Waals surface area contributed by atoms with E-state index < -0.39 is 0 Å². The minimum absolute atomic E-state index is 0.0790. The van der Waals surface area contributed by atoms with Crippen molar-refractivity contribution in [3.63, 3.8) is 0 Å². The summed E-state index contributed by atoms with van der Waals surface area (Å²) < 4.78 is 2.13. The van der Waals surface area contributed by atoms with E-state index in [0.29, 0.717) is 28.2 Å². The molecule has 1 saturated heterocycles. The summed E-state index contributed by atoms with van der Waals surface area (Å²) in [5.41, 5.74) is 0.994. The predicted molar refractivity (Wildman–Crippen MR) is 101 cm³/mol. The van der Waals surface area contributed by atoms with Crippen LogP contribution in [0.25, 0.3) is 0 Å². The fourth-order valence-electron chi connectivity index (χ4n) is 3.37. The number of nitriles is 1. The topological polar surface area (TPSA) is 74.0 Å². The number of imidazole rings is 1. The number of rotatable bonds is 4. The second-order valence-corrected chi connectivity index (χ2v) is 7.22. The molecule has 0 aliphatic carbocycles. The average Bonchev–Trinajstić information content (AvgIpc) is 3.16. The molecule has 0 radical (unpaired) electrons. The van der Waals surface area contributed by atoms with E-state index in [1.165, 1.54) is 0 Å². The molecule has 26 heavy (non-hydrogen) atoms. The van der Waals surface area contributed by atoms with E-state index in [2.05, 4.69) is 26.7 Å². The summed E-state index contributed by atoms with van der Waals surface area (Å²) in [5.74, 6) is 0.456. The van der Waals surface area contributed by atoms with Crippen molar-refractivity contribution in [3.8, 4) is 6.07 Å². The zero-order valence-corrected chi connectivity index (χ0v) is 15.6. The Kier molecular flexibility index (Phi) is 5.60. The Hall–Kier alpha value is -2.36. The summed E-state index contributed by atoms with van der Waals surface area (Å²) >= 11 is 6.04. The molecular weight excluding hydrogens is 350 g/mol. The Morgan fingerprint density at radius 3 is 2.96 bits per heavy atom. The number of nitrogens with one attached hydrogen (secondary N) is 1. The van der Waals surface area contributed by atoms with E-state index in [9.17, 15) is 4.79 Å². The molecule has 0 saturated carbocycles. The fourth-order valence-corrected chi connectivity index (χ4v) is 3.60. The van der Waals surface area contributed by atoms with Gasteiger partial charge in [-0.3, -0.25) is 9.69 Å². The Morgan fingerprint density at radius 2 is 2.31 bits per heavy atom. The molecule has 1 aliphatic heterocycles. The minimum Gasteiger partial charge on any atom is -0.333 e. The van der Waals surface area contributed by atoms with Crippen LogP contribution in [0.2, 0.25) is 5.02 Å². The van der Waals surface area contributed by atoms with Crippen LogP contribution >= 0.6 is 11.6 Å². The van der Waals surface area contributed by atoms with Crippen molar-refractivity contribution >= 4 is 23.2 Å². The molecular formula is C19H22ClN5O. The predicted octanol–water partition coefficient (Wildman–Crippen LogP) is 3.32. The molecule has 7 heteroatoms. The van der Waals surface area contributed by atoms with E-state index in [1.54, 1.807) is 24.4 Å². The summed E-state index contributed by atoms with van der Waals surface area (Å²) in [6.07, 6.45) is 6.64.